The first kappa shape index (κ1) is 22.5. The Hall–Kier alpha value is -3.71. The average molecular weight is 460 g/mol. The number of hydrogen-bond acceptors (Lipinski definition) is 4. The number of hydrazone groups is 1. The molecule has 168 valence electrons. The van der Waals surface area contributed by atoms with Crippen LogP contribution in [0.25, 0.3) is 6.08 Å². The third-order valence-electron chi connectivity index (χ3n) is 5.35. The summed E-state index contributed by atoms with van der Waals surface area (Å²) in [5, 5.41) is 6.10. The van der Waals surface area contributed by atoms with Gasteiger partial charge >= 0.3 is 0 Å². The van der Waals surface area contributed by atoms with E-state index in [9.17, 15) is 13.2 Å². The van der Waals surface area contributed by atoms with E-state index in [1.54, 1.807) is 49.4 Å². The van der Waals surface area contributed by atoms with Crippen molar-refractivity contribution in [3.8, 4) is 0 Å². The van der Waals surface area contributed by atoms with Gasteiger partial charge in [-0.15, -0.1) is 0 Å². The zero-order chi connectivity index (χ0) is 23.3. The number of amides is 1. The highest BCUT2D eigenvalue weighted by molar-refractivity contribution is 7.92. The summed E-state index contributed by atoms with van der Waals surface area (Å²) in [5.74, 6) is -0.0879. The number of sulfonamides is 1. The Labute approximate surface area is 194 Å². The maximum Gasteiger partial charge on any atom is 0.261 e. The second-order valence-electron chi connectivity index (χ2n) is 7.64. The monoisotopic (exact) mass is 459 g/mol. The number of carbonyl (C=O) groups excluding carboxylic acids is 1. The van der Waals surface area contributed by atoms with E-state index in [2.05, 4.69) is 9.82 Å². The van der Waals surface area contributed by atoms with E-state index < -0.39 is 10.0 Å². The largest absolute Gasteiger partial charge is 0.279 e. The predicted molar refractivity (Wildman–Crippen MR) is 131 cm³/mol. The molecular weight excluding hydrogens is 434 g/mol. The number of nitrogens with zero attached hydrogens (tertiary/aromatic N) is 2. The Bertz CT molecular complexity index is 1290. The lowest BCUT2D eigenvalue weighted by atomic mass is 10.0. The topological polar surface area (TPSA) is 78.8 Å². The van der Waals surface area contributed by atoms with Crippen molar-refractivity contribution >= 4 is 33.4 Å². The molecule has 1 atom stereocenters. The summed E-state index contributed by atoms with van der Waals surface area (Å²) in [6, 6.07) is 25.0. The number of nitrogens with one attached hydrogen (secondary N) is 1. The minimum absolute atomic E-state index is 0.0879. The van der Waals surface area contributed by atoms with Gasteiger partial charge in [0.05, 0.1) is 22.3 Å². The quantitative estimate of drug-likeness (QED) is 0.545. The molecule has 0 saturated heterocycles. The molecule has 0 unspecified atom stereocenters. The van der Waals surface area contributed by atoms with Crippen molar-refractivity contribution in [2.45, 2.75) is 30.7 Å². The molecule has 1 heterocycles. The third-order valence-corrected chi connectivity index (χ3v) is 6.73. The van der Waals surface area contributed by atoms with Crippen LogP contribution >= 0.6 is 0 Å². The number of hydrogen-bond donors (Lipinski definition) is 1. The smallest absolute Gasteiger partial charge is 0.261 e. The second kappa shape index (κ2) is 9.83. The summed E-state index contributed by atoms with van der Waals surface area (Å²) in [5.41, 5.74) is 2.77. The summed E-state index contributed by atoms with van der Waals surface area (Å²) in [7, 11) is -3.76. The van der Waals surface area contributed by atoms with Gasteiger partial charge in [-0.2, -0.15) is 5.10 Å². The van der Waals surface area contributed by atoms with Crippen molar-refractivity contribution in [3.05, 3.63) is 102 Å². The molecule has 7 heteroatoms. The maximum atomic E-state index is 12.9. The number of benzene rings is 3. The Balaban J connectivity index is 1.63. The van der Waals surface area contributed by atoms with Crippen LogP contribution in [0, 0.1) is 0 Å². The third kappa shape index (κ3) is 5.21. The lowest BCUT2D eigenvalue weighted by Crippen LogP contribution is -2.30. The summed E-state index contributed by atoms with van der Waals surface area (Å²) in [6.45, 7) is 1.80. The molecule has 1 N–H and O–H groups in total. The molecular formula is C26H25N3O3S. The van der Waals surface area contributed by atoms with Crippen molar-refractivity contribution < 1.29 is 13.2 Å². The van der Waals surface area contributed by atoms with Crippen molar-refractivity contribution in [1.29, 1.82) is 0 Å². The fraction of sp³-hybridized carbons (Fsp3) is 0.154. The van der Waals surface area contributed by atoms with E-state index in [0.717, 1.165) is 5.56 Å². The van der Waals surface area contributed by atoms with E-state index in [4.69, 9.17) is 0 Å². The van der Waals surface area contributed by atoms with Crippen LogP contribution in [0.2, 0.25) is 0 Å². The van der Waals surface area contributed by atoms with Crippen LogP contribution in [-0.2, 0) is 14.8 Å². The Kier molecular flexibility index (Phi) is 6.70. The number of rotatable bonds is 7. The van der Waals surface area contributed by atoms with Gasteiger partial charge in [0.25, 0.3) is 10.0 Å². The molecule has 4 rings (SSSR count). The van der Waals surface area contributed by atoms with E-state index in [0.29, 0.717) is 29.8 Å². The lowest BCUT2D eigenvalue weighted by molar-refractivity contribution is -0.131. The van der Waals surface area contributed by atoms with Crippen LogP contribution in [0.4, 0.5) is 5.69 Å². The summed E-state index contributed by atoms with van der Waals surface area (Å²) in [6.07, 6.45) is 4.76. The molecule has 0 spiro atoms. The first-order valence-corrected chi connectivity index (χ1v) is 12.3. The molecule has 0 fully saturated rings. The first-order valence-electron chi connectivity index (χ1n) is 10.8. The maximum absolute atomic E-state index is 12.9. The van der Waals surface area contributed by atoms with E-state index in [1.165, 1.54) is 5.01 Å². The highest BCUT2D eigenvalue weighted by Gasteiger charge is 2.30. The van der Waals surface area contributed by atoms with Crippen LogP contribution in [-0.4, -0.2) is 31.1 Å². The minimum atomic E-state index is -3.76. The molecule has 3 aromatic carbocycles. The molecule has 6 nitrogen and oxygen atoms in total. The van der Waals surface area contributed by atoms with E-state index >= 15 is 0 Å². The number of anilines is 1. The summed E-state index contributed by atoms with van der Waals surface area (Å²) in [4.78, 5) is 12.8. The van der Waals surface area contributed by atoms with Crippen LogP contribution < -0.4 is 4.72 Å². The molecule has 0 aromatic heterocycles. The van der Waals surface area contributed by atoms with Crippen molar-refractivity contribution in [1.82, 2.24) is 5.01 Å². The number of para-hydroxylation sites is 1. The predicted octanol–water partition coefficient (Wildman–Crippen LogP) is 4.92. The van der Waals surface area contributed by atoms with Gasteiger partial charge < -0.3 is 0 Å². The zero-order valence-corrected chi connectivity index (χ0v) is 19.1. The molecule has 1 aliphatic heterocycles. The van der Waals surface area contributed by atoms with E-state index in [1.807, 2.05) is 54.6 Å². The Morgan fingerprint density at radius 2 is 1.64 bits per heavy atom. The highest BCUT2D eigenvalue weighted by Crippen LogP contribution is 2.28. The Morgan fingerprint density at radius 1 is 1.00 bits per heavy atom. The molecule has 0 saturated carbocycles. The fourth-order valence-corrected chi connectivity index (χ4v) is 4.76. The summed E-state index contributed by atoms with van der Waals surface area (Å²) >= 11 is 0. The zero-order valence-electron chi connectivity index (χ0n) is 18.3. The van der Waals surface area contributed by atoms with Gasteiger partial charge in [-0.3, -0.25) is 9.52 Å². The molecule has 0 radical (unpaired) electrons. The van der Waals surface area contributed by atoms with Gasteiger partial charge in [0.1, 0.15) is 0 Å². The minimum Gasteiger partial charge on any atom is -0.279 e. The van der Waals surface area contributed by atoms with Gasteiger partial charge in [0.2, 0.25) is 5.91 Å². The van der Waals surface area contributed by atoms with Crippen LogP contribution in [0.3, 0.4) is 0 Å². The summed E-state index contributed by atoms with van der Waals surface area (Å²) < 4.78 is 28.4. The standard InChI is InChI=1S/C26H25N3O3S/c1-2-26(30)29-21(18-17-20-11-5-3-6-12-20)19-25(27-29)23-15-9-10-16-24(23)28-33(31,32)22-13-7-4-8-14-22/h3-18,21,28H,2,19H2,1H3/b18-17+/t21-/m0/s1. The second-order valence-corrected chi connectivity index (χ2v) is 9.33. The molecule has 3 aromatic rings. The normalized spacial score (nSPS) is 16.1. The molecule has 1 aliphatic rings. The SMILES string of the molecule is CCC(=O)N1N=C(c2ccccc2NS(=O)(=O)c2ccccc2)C[C@@H]1/C=C/c1ccccc1. The molecule has 1 amide bonds. The van der Waals surface area contributed by atoms with Crippen LogP contribution in [0.5, 0.6) is 0 Å². The Morgan fingerprint density at radius 3 is 2.33 bits per heavy atom. The van der Waals surface area contributed by atoms with Crippen LogP contribution in [0.1, 0.15) is 30.9 Å². The lowest BCUT2D eigenvalue weighted by Gasteiger charge is -2.17. The molecule has 33 heavy (non-hydrogen) atoms. The number of carbonyl (C=O) groups is 1. The van der Waals surface area contributed by atoms with Crippen molar-refractivity contribution in [2.75, 3.05) is 4.72 Å². The van der Waals surface area contributed by atoms with Crippen LogP contribution in [0.15, 0.2) is 101 Å². The van der Waals surface area contributed by atoms with Gasteiger partial charge in [-0.05, 0) is 23.8 Å². The van der Waals surface area contributed by atoms with Gasteiger partial charge in [-0.1, -0.05) is 85.8 Å². The highest BCUT2D eigenvalue weighted by atomic mass is 32.2. The average Bonchev–Trinajstić information content (AvgIpc) is 3.27. The first-order chi connectivity index (χ1) is 16.0. The van der Waals surface area contributed by atoms with Gasteiger partial charge in [-0.25, -0.2) is 13.4 Å². The molecule has 0 aliphatic carbocycles. The molecule has 0 bridgehead atoms. The van der Waals surface area contributed by atoms with Gasteiger partial charge in [0, 0.05) is 18.4 Å². The van der Waals surface area contributed by atoms with Crippen molar-refractivity contribution in [2.24, 2.45) is 5.10 Å². The van der Waals surface area contributed by atoms with E-state index in [-0.39, 0.29) is 16.8 Å². The van der Waals surface area contributed by atoms with Gasteiger partial charge in [0.15, 0.2) is 0 Å². The fourth-order valence-electron chi connectivity index (χ4n) is 3.66. The van der Waals surface area contributed by atoms with Crippen molar-refractivity contribution in [3.63, 3.8) is 0 Å².